The van der Waals surface area contributed by atoms with Crippen LogP contribution in [0.4, 0.5) is 4.79 Å². The van der Waals surface area contributed by atoms with Gasteiger partial charge in [0.15, 0.2) is 0 Å². The molecule has 2 rings (SSSR count). The molecule has 1 atom stereocenters. The molecule has 0 bridgehead atoms. The molecule has 1 aliphatic heterocycles. The minimum absolute atomic E-state index is 0.0664. The first-order valence-electron chi connectivity index (χ1n) is 7.28. The Morgan fingerprint density at radius 2 is 2.10 bits per heavy atom. The van der Waals surface area contributed by atoms with Gasteiger partial charge < -0.3 is 14.4 Å². The van der Waals surface area contributed by atoms with Gasteiger partial charge in [0.2, 0.25) is 5.88 Å². The van der Waals surface area contributed by atoms with Crippen LogP contribution in [0.1, 0.15) is 39.3 Å². The van der Waals surface area contributed by atoms with Gasteiger partial charge in [-0.3, -0.25) is 0 Å². The van der Waals surface area contributed by atoms with E-state index in [1.165, 1.54) is 0 Å². The van der Waals surface area contributed by atoms with Crippen molar-refractivity contribution in [3.8, 4) is 5.88 Å². The highest BCUT2D eigenvalue weighted by molar-refractivity contribution is 5.68. The summed E-state index contributed by atoms with van der Waals surface area (Å²) in [6.07, 6.45) is 1.44. The largest absolute Gasteiger partial charge is 0.471 e. The summed E-state index contributed by atoms with van der Waals surface area (Å²) in [4.78, 5) is 13.8. The maximum atomic E-state index is 12.1. The number of hydrogen-bond acceptors (Lipinski definition) is 5. The van der Waals surface area contributed by atoms with Crippen LogP contribution >= 0.6 is 0 Å². The second kappa shape index (κ2) is 6.28. The molecule has 1 unspecified atom stereocenters. The predicted molar refractivity (Wildman–Crippen MR) is 78.2 cm³/mol. The molecule has 6 heteroatoms. The molecule has 0 spiro atoms. The van der Waals surface area contributed by atoms with Crippen LogP contribution in [0.2, 0.25) is 0 Å². The number of likely N-dealkylation sites (tertiary alicyclic amines) is 1. The van der Waals surface area contributed by atoms with Crippen LogP contribution in [0.25, 0.3) is 0 Å². The molecule has 0 aromatic carbocycles. The number of hydrogen-bond donors (Lipinski definition) is 0. The van der Waals surface area contributed by atoms with Crippen molar-refractivity contribution in [3.63, 3.8) is 0 Å². The van der Waals surface area contributed by atoms with Gasteiger partial charge in [-0.2, -0.15) is 5.10 Å². The fraction of sp³-hybridized carbons (Fsp3) is 0.667. The zero-order valence-corrected chi connectivity index (χ0v) is 13.1. The molecule has 21 heavy (non-hydrogen) atoms. The first-order valence-corrected chi connectivity index (χ1v) is 7.28. The van der Waals surface area contributed by atoms with Crippen LogP contribution in [0.3, 0.4) is 0 Å². The van der Waals surface area contributed by atoms with Crippen LogP contribution < -0.4 is 4.74 Å². The van der Waals surface area contributed by atoms with Crippen molar-refractivity contribution in [2.75, 3.05) is 13.1 Å². The number of amides is 1. The maximum Gasteiger partial charge on any atom is 0.410 e. The van der Waals surface area contributed by atoms with E-state index in [-0.39, 0.29) is 12.2 Å². The van der Waals surface area contributed by atoms with Crippen LogP contribution in [0.5, 0.6) is 5.88 Å². The zero-order chi connectivity index (χ0) is 15.5. The fourth-order valence-electron chi connectivity index (χ4n) is 2.15. The third-order valence-corrected chi connectivity index (χ3v) is 3.09. The summed E-state index contributed by atoms with van der Waals surface area (Å²) < 4.78 is 11.2. The Bertz CT molecular complexity index is 482. The lowest BCUT2D eigenvalue weighted by molar-refractivity contribution is 0.00711. The average molecular weight is 293 g/mol. The monoisotopic (exact) mass is 293 g/mol. The standard InChI is InChI=1S/C15H23N3O3/c1-11-7-8-13(17-16-11)20-12-6-5-9-18(10-12)14(19)21-15(2,3)4/h7-8,12H,5-6,9-10H2,1-4H3. The van der Waals surface area contributed by atoms with Gasteiger partial charge in [-0.15, -0.1) is 5.10 Å². The SMILES string of the molecule is Cc1ccc(OC2CCCN(C(=O)OC(C)(C)C)C2)nn1. The van der Waals surface area contributed by atoms with E-state index < -0.39 is 5.60 Å². The molecular weight excluding hydrogens is 270 g/mol. The minimum Gasteiger partial charge on any atom is -0.471 e. The van der Waals surface area contributed by atoms with Gasteiger partial charge in [-0.1, -0.05) is 0 Å². The number of piperidine rings is 1. The van der Waals surface area contributed by atoms with Crippen LogP contribution in [-0.2, 0) is 4.74 Å². The van der Waals surface area contributed by atoms with E-state index in [9.17, 15) is 4.79 Å². The van der Waals surface area contributed by atoms with Crippen molar-refractivity contribution in [3.05, 3.63) is 17.8 Å². The lowest BCUT2D eigenvalue weighted by Gasteiger charge is -2.33. The van der Waals surface area contributed by atoms with Gasteiger partial charge in [0.1, 0.15) is 11.7 Å². The molecule has 1 aromatic heterocycles. The van der Waals surface area contributed by atoms with E-state index in [1.807, 2.05) is 33.8 Å². The average Bonchev–Trinajstić information content (AvgIpc) is 2.40. The Hall–Kier alpha value is -1.85. The van der Waals surface area contributed by atoms with Crippen molar-refractivity contribution in [1.82, 2.24) is 15.1 Å². The molecule has 6 nitrogen and oxygen atoms in total. The maximum absolute atomic E-state index is 12.1. The molecular formula is C15H23N3O3. The van der Waals surface area contributed by atoms with E-state index >= 15 is 0 Å². The van der Waals surface area contributed by atoms with Crippen molar-refractivity contribution >= 4 is 6.09 Å². The quantitative estimate of drug-likeness (QED) is 0.838. The van der Waals surface area contributed by atoms with E-state index in [0.717, 1.165) is 18.5 Å². The van der Waals surface area contributed by atoms with Gasteiger partial charge in [0, 0.05) is 12.6 Å². The topological polar surface area (TPSA) is 64.5 Å². The number of nitrogens with zero attached hydrogens (tertiary/aromatic N) is 3. The number of ether oxygens (including phenoxy) is 2. The molecule has 1 aromatic rings. The summed E-state index contributed by atoms with van der Waals surface area (Å²) in [6, 6.07) is 3.66. The van der Waals surface area contributed by atoms with Crippen molar-refractivity contribution in [1.29, 1.82) is 0 Å². The van der Waals surface area contributed by atoms with Crippen molar-refractivity contribution in [2.24, 2.45) is 0 Å². The normalized spacial score (nSPS) is 19.2. The Balaban J connectivity index is 1.91. The first-order chi connectivity index (χ1) is 9.83. The number of carbonyl (C=O) groups excluding carboxylic acids is 1. The summed E-state index contributed by atoms with van der Waals surface area (Å²) in [5.41, 5.74) is 0.370. The number of rotatable bonds is 2. The third kappa shape index (κ3) is 4.88. The van der Waals surface area contributed by atoms with E-state index in [1.54, 1.807) is 11.0 Å². The smallest absolute Gasteiger partial charge is 0.410 e. The highest BCUT2D eigenvalue weighted by atomic mass is 16.6. The molecule has 1 aliphatic rings. The Labute approximate surface area is 125 Å². The van der Waals surface area contributed by atoms with E-state index in [2.05, 4.69) is 10.2 Å². The molecule has 1 amide bonds. The van der Waals surface area contributed by atoms with Gasteiger partial charge in [0.05, 0.1) is 12.2 Å². The summed E-state index contributed by atoms with van der Waals surface area (Å²) in [7, 11) is 0. The summed E-state index contributed by atoms with van der Waals surface area (Å²) in [5.74, 6) is 0.497. The number of aryl methyl sites for hydroxylation is 1. The van der Waals surface area contributed by atoms with Crippen molar-refractivity contribution < 1.29 is 14.3 Å². The molecule has 0 N–H and O–H groups in total. The van der Waals surface area contributed by atoms with Gasteiger partial charge in [0.25, 0.3) is 0 Å². The molecule has 1 saturated heterocycles. The second-order valence-electron chi connectivity index (χ2n) is 6.32. The van der Waals surface area contributed by atoms with Crippen LogP contribution in [-0.4, -0.2) is 46.0 Å². The second-order valence-corrected chi connectivity index (χ2v) is 6.32. The predicted octanol–water partition coefficient (Wildman–Crippen LogP) is 2.56. The Morgan fingerprint density at radius 1 is 1.33 bits per heavy atom. The lowest BCUT2D eigenvalue weighted by atomic mass is 10.1. The van der Waals surface area contributed by atoms with Gasteiger partial charge in [-0.05, 0) is 46.6 Å². The molecule has 116 valence electrons. The number of carbonyl (C=O) groups is 1. The van der Waals surface area contributed by atoms with E-state index in [4.69, 9.17) is 9.47 Å². The highest BCUT2D eigenvalue weighted by Crippen LogP contribution is 2.18. The lowest BCUT2D eigenvalue weighted by Crippen LogP contribution is -2.46. The van der Waals surface area contributed by atoms with Gasteiger partial charge >= 0.3 is 6.09 Å². The molecule has 0 saturated carbocycles. The Morgan fingerprint density at radius 3 is 2.71 bits per heavy atom. The molecule has 0 radical (unpaired) electrons. The Kier molecular flexibility index (Phi) is 4.65. The molecule has 1 fully saturated rings. The third-order valence-electron chi connectivity index (χ3n) is 3.09. The summed E-state index contributed by atoms with van der Waals surface area (Å²) in [6.45, 7) is 8.70. The summed E-state index contributed by atoms with van der Waals surface area (Å²) >= 11 is 0. The summed E-state index contributed by atoms with van der Waals surface area (Å²) in [5, 5.41) is 7.96. The zero-order valence-electron chi connectivity index (χ0n) is 13.1. The molecule has 0 aliphatic carbocycles. The van der Waals surface area contributed by atoms with E-state index in [0.29, 0.717) is 19.0 Å². The van der Waals surface area contributed by atoms with Gasteiger partial charge in [-0.25, -0.2) is 4.79 Å². The van der Waals surface area contributed by atoms with Crippen LogP contribution in [0, 0.1) is 6.92 Å². The van der Waals surface area contributed by atoms with Crippen LogP contribution in [0.15, 0.2) is 12.1 Å². The molecule has 2 heterocycles. The first kappa shape index (κ1) is 15.5. The fourth-order valence-corrected chi connectivity index (χ4v) is 2.15. The van der Waals surface area contributed by atoms with Crippen molar-refractivity contribution in [2.45, 2.75) is 52.2 Å². The minimum atomic E-state index is -0.479. The number of aromatic nitrogens is 2. The highest BCUT2D eigenvalue weighted by Gasteiger charge is 2.28.